The molecule has 0 aromatic heterocycles. The molecule has 1 saturated heterocycles. The number of likely N-dealkylation sites (tertiary alicyclic amines) is 1. The van der Waals surface area contributed by atoms with Gasteiger partial charge in [-0.25, -0.2) is 0 Å². The average Bonchev–Trinajstić information content (AvgIpc) is 2.73. The van der Waals surface area contributed by atoms with E-state index in [4.69, 9.17) is 0 Å². The number of carbonyl (C=O) groups is 1. The molecule has 0 bridgehead atoms. The summed E-state index contributed by atoms with van der Waals surface area (Å²) >= 11 is 0. The van der Waals surface area contributed by atoms with Gasteiger partial charge in [0.25, 0.3) is 0 Å². The van der Waals surface area contributed by atoms with Crippen molar-refractivity contribution < 1.29 is 4.79 Å². The molecular formula is C13H19N3O. The fourth-order valence-corrected chi connectivity index (χ4v) is 2.07. The number of nitrogens with zero attached hydrogens (tertiary/aromatic N) is 1. The van der Waals surface area contributed by atoms with Crippen LogP contribution >= 0.6 is 0 Å². The number of benzene rings is 1. The number of hydrogen-bond acceptors (Lipinski definition) is 3. The maximum atomic E-state index is 11.7. The Labute approximate surface area is 102 Å². The zero-order valence-electron chi connectivity index (χ0n) is 10.1. The van der Waals surface area contributed by atoms with Crippen molar-refractivity contribution in [1.29, 1.82) is 0 Å². The number of nitrogens with one attached hydrogen (secondary N) is 2. The summed E-state index contributed by atoms with van der Waals surface area (Å²) in [5.41, 5.74) is 0.978. The first-order valence-electron chi connectivity index (χ1n) is 6.01. The van der Waals surface area contributed by atoms with Crippen LogP contribution in [0.4, 0.5) is 5.69 Å². The Bertz CT molecular complexity index is 366. The lowest BCUT2D eigenvalue weighted by Crippen LogP contribution is -2.39. The van der Waals surface area contributed by atoms with Gasteiger partial charge in [-0.1, -0.05) is 18.2 Å². The van der Waals surface area contributed by atoms with Crippen LogP contribution in [-0.2, 0) is 4.79 Å². The molecular weight excluding hydrogens is 214 g/mol. The molecule has 1 aromatic rings. The summed E-state index contributed by atoms with van der Waals surface area (Å²) in [6, 6.07) is 10.1. The first-order valence-corrected chi connectivity index (χ1v) is 6.01. The lowest BCUT2D eigenvalue weighted by Gasteiger charge is -2.13. The summed E-state index contributed by atoms with van der Waals surface area (Å²) in [7, 11) is 2.08. The molecule has 0 radical (unpaired) electrons. The van der Waals surface area contributed by atoms with Gasteiger partial charge in [0.1, 0.15) is 0 Å². The van der Waals surface area contributed by atoms with Crippen molar-refractivity contribution in [3.8, 4) is 0 Å². The maximum absolute atomic E-state index is 11.7. The van der Waals surface area contributed by atoms with Gasteiger partial charge < -0.3 is 15.5 Å². The van der Waals surface area contributed by atoms with Gasteiger partial charge in [-0.3, -0.25) is 4.79 Å². The predicted octanol–water partition coefficient (Wildman–Crippen LogP) is 0.919. The molecule has 1 unspecified atom stereocenters. The number of para-hydroxylation sites is 1. The molecule has 92 valence electrons. The number of anilines is 1. The fourth-order valence-electron chi connectivity index (χ4n) is 2.07. The van der Waals surface area contributed by atoms with E-state index in [0.717, 1.165) is 25.2 Å². The molecule has 4 heteroatoms. The maximum Gasteiger partial charge on any atom is 0.239 e. The predicted molar refractivity (Wildman–Crippen MR) is 69.0 cm³/mol. The molecule has 2 N–H and O–H groups in total. The molecule has 0 aliphatic carbocycles. The zero-order valence-corrected chi connectivity index (χ0v) is 10.1. The SMILES string of the molecule is CN1CCC(NC(=O)CNc2ccccc2)C1. The fraction of sp³-hybridized carbons (Fsp3) is 0.462. The molecule has 1 aliphatic rings. The van der Waals surface area contributed by atoms with Gasteiger partial charge in [0.15, 0.2) is 0 Å². The van der Waals surface area contributed by atoms with Crippen molar-refractivity contribution >= 4 is 11.6 Å². The van der Waals surface area contributed by atoms with Crippen LogP contribution < -0.4 is 10.6 Å². The van der Waals surface area contributed by atoms with Gasteiger partial charge in [-0.15, -0.1) is 0 Å². The highest BCUT2D eigenvalue weighted by Gasteiger charge is 2.20. The van der Waals surface area contributed by atoms with E-state index in [1.165, 1.54) is 0 Å². The lowest BCUT2D eigenvalue weighted by molar-refractivity contribution is -0.120. The summed E-state index contributed by atoms with van der Waals surface area (Å²) in [6.07, 6.45) is 1.05. The summed E-state index contributed by atoms with van der Waals surface area (Å²) in [4.78, 5) is 13.9. The van der Waals surface area contributed by atoms with E-state index in [2.05, 4.69) is 22.6 Å². The summed E-state index contributed by atoms with van der Waals surface area (Å²) in [5.74, 6) is 0.0640. The molecule has 1 heterocycles. The Kier molecular flexibility index (Phi) is 3.98. The smallest absolute Gasteiger partial charge is 0.239 e. The Morgan fingerprint density at radius 3 is 2.82 bits per heavy atom. The van der Waals surface area contributed by atoms with Crippen LogP contribution in [0.25, 0.3) is 0 Å². The number of likely N-dealkylation sites (N-methyl/N-ethyl adjacent to an activating group) is 1. The van der Waals surface area contributed by atoms with E-state index in [9.17, 15) is 4.79 Å². The van der Waals surface area contributed by atoms with Crippen molar-refractivity contribution in [2.24, 2.45) is 0 Å². The standard InChI is InChI=1S/C13H19N3O/c1-16-8-7-12(10-16)15-13(17)9-14-11-5-3-2-4-6-11/h2-6,12,14H,7-10H2,1H3,(H,15,17). The third-order valence-corrected chi connectivity index (χ3v) is 2.98. The van der Waals surface area contributed by atoms with E-state index in [-0.39, 0.29) is 5.91 Å². The van der Waals surface area contributed by atoms with Crippen molar-refractivity contribution in [1.82, 2.24) is 10.2 Å². The molecule has 1 amide bonds. The first-order chi connectivity index (χ1) is 8.24. The Balaban J connectivity index is 1.71. The lowest BCUT2D eigenvalue weighted by atomic mass is 10.2. The largest absolute Gasteiger partial charge is 0.376 e. The normalized spacial score (nSPS) is 20.2. The Morgan fingerprint density at radius 2 is 2.18 bits per heavy atom. The molecule has 4 nitrogen and oxygen atoms in total. The number of carbonyl (C=O) groups excluding carboxylic acids is 1. The highest BCUT2D eigenvalue weighted by molar-refractivity contribution is 5.81. The number of rotatable bonds is 4. The monoisotopic (exact) mass is 233 g/mol. The van der Waals surface area contributed by atoms with Gasteiger partial charge in [-0.2, -0.15) is 0 Å². The quantitative estimate of drug-likeness (QED) is 0.813. The zero-order chi connectivity index (χ0) is 12.1. The van der Waals surface area contributed by atoms with Gasteiger partial charge >= 0.3 is 0 Å². The highest BCUT2D eigenvalue weighted by Crippen LogP contribution is 2.06. The molecule has 1 aromatic carbocycles. The van der Waals surface area contributed by atoms with Gasteiger partial charge in [0.2, 0.25) is 5.91 Å². The molecule has 0 spiro atoms. The second-order valence-corrected chi connectivity index (χ2v) is 4.53. The minimum Gasteiger partial charge on any atom is -0.376 e. The van der Waals surface area contributed by atoms with Crippen LogP contribution in [0.15, 0.2) is 30.3 Å². The summed E-state index contributed by atoms with van der Waals surface area (Å²) in [6.45, 7) is 2.36. The van der Waals surface area contributed by atoms with Gasteiger partial charge in [0.05, 0.1) is 6.54 Å². The van der Waals surface area contributed by atoms with E-state index < -0.39 is 0 Å². The number of amides is 1. The third kappa shape index (κ3) is 3.75. The van der Waals surface area contributed by atoms with Crippen LogP contribution in [0.3, 0.4) is 0 Å². The number of hydrogen-bond donors (Lipinski definition) is 2. The summed E-state index contributed by atoms with van der Waals surface area (Å²) in [5, 5.41) is 6.14. The van der Waals surface area contributed by atoms with E-state index in [0.29, 0.717) is 12.6 Å². The van der Waals surface area contributed by atoms with Crippen molar-refractivity contribution in [2.75, 3.05) is 32.0 Å². The van der Waals surface area contributed by atoms with Crippen LogP contribution in [0.1, 0.15) is 6.42 Å². The van der Waals surface area contributed by atoms with Crippen molar-refractivity contribution in [2.45, 2.75) is 12.5 Å². The minimum atomic E-state index is 0.0640. The molecule has 1 atom stereocenters. The van der Waals surface area contributed by atoms with Crippen molar-refractivity contribution in [3.05, 3.63) is 30.3 Å². The van der Waals surface area contributed by atoms with E-state index in [1.54, 1.807) is 0 Å². The molecule has 1 aliphatic heterocycles. The molecule has 0 saturated carbocycles. The third-order valence-electron chi connectivity index (χ3n) is 2.98. The van der Waals surface area contributed by atoms with Crippen molar-refractivity contribution in [3.63, 3.8) is 0 Å². The van der Waals surface area contributed by atoms with E-state index >= 15 is 0 Å². The second kappa shape index (κ2) is 5.68. The van der Waals surface area contributed by atoms with Crippen LogP contribution in [-0.4, -0.2) is 43.5 Å². The van der Waals surface area contributed by atoms with Gasteiger partial charge in [-0.05, 0) is 32.1 Å². The summed E-state index contributed by atoms with van der Waals surface area (Å²) < 4.78 is 0. The van der Waals surface area contributed by atoms with Crippen LogP contribution in [0, 0.1) is 0 Å². The molecule has 1 fully saturated rings. The van der Waals surface area contributed by atoms with Gasteiger partial charge in [0, 0.05) is 18.3 Å². The Morgan fingerprint density at radius 1 is 1.41 bits per heavy atom. The molecule has 17 heavy (non-hydrogen) atoms. The minimum absolute atomic E-state index is 0.0640. The Hall–Kier alpha value is -1.55. The molecule has 2 rings (SSSR count). The van der Waals surface area contributed by atoms with E-state index in [1.807, 2.05) is 30.3 Å². The second-order valence-electron chi connectivity index (χ2n) is 4.53. The van der Waals surface area contributed by atoms with Crippen LogP contribution in [0.5, 0.6) is 0 Å². The highest BCUT2D eigenvalue weighted by atomic mass is 16.2. The van der Waals surface area contributed by atoms with Crippen LogP contribution in [0.2, 0.25) is 0 Å². The topological polar surface area (TPSA) is 44.4 Å². The first kappa shape index (κ1) is 11.9. The average molecular weight is 233 g/mol.